The number of carbonyl (C=O) groups is 3. The molecule has 2 aliphatic rings. The first kappa shape index (κ1) is 15.6. The number of aromatic amines is 1. The summed E-state index contributed by atoms with van der Waals surface area (Å²) in [7, 11) is 0. The smallest absolute Gasteiger partial charge is 0.323 e. The molecule has 7 nitrogen and oxygen atoms in total. The molecule has 0 saturated carbocycles. The van der Waals surface area contributed by atoms with E-state index in [2.05, 4.69) is 4.98 Å². The summed E-state index contributed by atoms with van der Waals surface area (Å²) < 4.78 is 0. The molecular formula is C14H10N2O5S3. The zero-order valence-electron chi connectivity index (χ0n) is 11.9. The average Bonchev–Trinajstić information content (AvgIpc) is 3.21. The van der Waals surface area contributed by atoms with Gasteiger partial charge in [-0.2, -0.15) is 0 Å². The Balaban J connectivity index is 1.84. The van der Waals surface area contributed by atoms with Crippen molar-refractivity contribution >= 4 is 52.2 Å². The van der Waals surface area contributed by atoms with Gasteiger partial charge in [0.2, 0.25) is 11.8 Å². The van der Waals surface area contributed by atoms with Crippen LogP contribution in [-0.4, -0.2) is 44.6 Å². The lowest BCUT2D eigenvalue weighted by Crippen LogP contribution is -2.36. The van der Waals surface area contributed by atoms with Crippen LogP contribution in [0, 0.1) is 5.92 Å². The minimum atomic E-state index is -1.23. The summed E-state index contributed by atoms with van der Waals surface area (Å²) in [6, 6.07) is 3.72. The highest BCUT2D eigenvalue weighted by Gasteiger charge is 2.56. The summed E-state index contributed by atoms with van der Waals surface area (Å²) in [5, 5.41) is 10.7. The molecule has 0 spiro atoms. The maximum Gasteiger partial charge on any atom is 0.323 e. The number of nitrogens with one attached hydrogen (secondary N) is 1. The fourth-order valence-corrected chi connectivity index (χ4v) is 6.63. The Morgan fingerprint density at radius 3 is 2.75 bits per heavy atom. The number of nitrogens with zero attached hydrogens (tertiary/aromatic N) is 1. The van der Waals surface area contributed by atoms with Gasteiger partial charge in [0.15, 0.2) is 0 Å². The fraction of sp³-hybridized carbons (Fsp3) is 0.286. The topological polar surface area (TPSA) is 108 Å². The van der Waals surface area contributed by atoms with E-state index in [9.17, 15) is 19.2 Å². The standard InChI is InChI=1S/C14H10N2O5S3/c17-6(18)4-16-12(19)8-7(5-2-1-3-22-5)9-11(15-14(21)24-9)23-10(8)13(16)20/h1-3,7-8,10H,4H2,(H,15,21)(H,17,18)/t7-,8?,10?/m0/s1. The molecule has 24 heavy (non-hydrogen) atoms. The van der Waals surface area contributed by atoms with E-state index in [1.807, 2.05) is 17.5 Å². The number of thioether (sulfide) groups is 1. The van der Waals surface area contributed by atoms with E-state index in [1.165, 1.54) is 11.3 Å². The lowest BCUT2D eigenvalue weighted by Gasteiger charge is -2.28. The van der Waals surface area contributed by atoms with Gasteiger partial charge < -0.3 is 10.1 Å². The summed E-state index contributed by atoms with van der Waals surface area (Å²) >= 11 is 3.64. The molecule has 1 saturated heterocycles. The van der Waals surface area contributed by atoms with Gasteiger partial charge in [-0.25, -0.2) is 0 Å². The second-order valence-electron chi connectivity index (χ2n) is 5.42. The molecule has 2 aliphatic heterocycles. The number of likely N-dealkylation sites (tertiary alicyclic amines) is 1. The minimum Gasteiger partial charge on any atom is -0.480 e. The van der Waals surface area contributed by atoms with Crippen LogP contribution in [-0.2, 0) is 14.4 Å². The Morgan fingerprint density at radius 1 is 1.29 bits per heavy atom. The van der Waals surface area contributed by atoms with Crippen molar-refractivity contribution < 1.29 is 19.5 Å². The highest BCUT2D eigenvalue weighted by molar-refractivity contribution is 8.00. The van der Waals surface area contributed by atoms with Crippen LogP contribution in [0.5, 0.6) is 0 Å². The van der Waals surface area contributed by atoms with Gasteiger partial charge in [0, 0.05) is 15.7 Å². The molecule has 2 amide bonds. The lowest BCUT2D eigenvalue weighted by atomic mass is 9.87. The molecule has 4 rings (SSSR count). The molecule has 124 valence electrons. The largest absolute Gasteiger partial charge is 0.480 e. The van der Waals surface area contributed by atoms with Gasteiger partial charge in [-0.15, -0.1) is 11.3 Å². The van der Waals surface area contributed by atoms with Crippen molar-refractivity contribution in [2.45, 2.75) is 16.2 Å². The third-order valence-corrected chi connectivity index (χ3v) is 7.41. The van der Waals surface area contributed by atoms with Gasteiger partial charge in [0.05, 0.1) is 10.9 Å². The molecule has 2 aromatic rings. The first-order chi connectivity index (χ1) is 11.5. The van der Waals surface area contributed by atoms with Crippen molar-refractivity contribution in [3.05, 3.63) is 36.9 Å². The fourth-order valence-electron chi connectivity index (χ4n) is 3.14. The van der Waals surface area contributed by atoms with Crippen LogP contribution >= 0.6 is 34.4 Å². The maximum atomic E-state index is 12.8. The van der Waals surface area contributed by atoms with Crippen LogP contribution in [0.4, 0.5) is 0 Å². The van der Waals surface area contributed by atoms with Crippen LogP contribution in [0.3, 0.4) is 0 Å². The number of rotatable bonds is 3. The third-order valence-electron chi connectivity index (χ3n) is 4.06. The molecule has 0 bridgehead atoms. The van der Waals surface area contributed by atoms with Gasteiger partial charge >= 0.3 is 10.8 Å². The van der Waals surface area contributed by atoms with E-state index in [1.54, 1.807) is 0 Å². The van der Waals surface area contributed by atoms with Crippen molar-refractivity contribution in [2.24, 2.45) is 5.92 Å². The zero-order chi connectivity index (χ0) is 17.0. The number of aliphatic carboxylic acids is 1. The average molecular weight is 382 g/mol. The Hall–Kier alpha value is -1.91. The van der Waals surface area contributed by atoms with E-state index in [4.69, 9.17) is 5.11 Å². The first-order valence-electron chi connectivity index (χ1n) is 6.97. The van der Waals surface area contributed by atoms with Crippen LogP contribution < -0.4 is 4.87 Å². The van der Waals surface area contributed by atoms with Gasteiger partial charge in [-0.1, -0.05) is 29.2 Å². The summed E-state index contributed by atoms with van der Waals surface area (Å²) in [6.45, 7) is -0.632. The van der Waals surface area contributed by atoms with E-state index in [0.717, 1.165) is 37.8 Å². The highest BCUT2D eigenvalue weighted by Crippen LogP contribution is 2.53. The van der Waals surface area contributed by atoms with Crippen LogP contribution in [0.2, 0.25) is 0 Å². The maximum absolute atomic E-state index is 12.8. The molecule has 10 heteroatoms. The van der Waals surface area contributed by atoms with Crippen molar-refractivity contribution in [1.29, 1.82) is 0 Å². The number of aromatic nitrogens is 1. The van der Waals surface area contributed by atoms with Gasteiger partial charge in [0.1, 0.15) is 11.8 Å². The molecule has 3 atom stereocenters. The molecule has 2 N–H and O–H groups in total. The van der Waals surface area contributed by atoms with Crippen molar-refractivity contribution in [3.63, 3.8) is 0 Å². The van der Waals surface area contributed by atoms with Crippen molar-refractivity contribution in [3.8, 4) is 0 Å². The van der Waals surface area contributed by atoms with E-state index in [-0.39, 0.29) is 4.87 Å². The minimum absolute atomic E-state index is 0.226. The molecule has 2 aromatic heterocycles. The van der Waals surface area contributed by atoms with Crippen LogP contribution in [0.1, 0.15) is 15.7 Å². The molecule has 0 aliphatic carbocycles. The summed E-state index contributed by atoms with van der Waals surface area (Å²) in [4.78, 5) is 53.0. The first-order valence-corrected chi connectivity index (χ1v) is 9.55. The Morgan fingerprint density at radius 2 is 2.08 bits per heavy atom. The normalized spacial score (nSPS) is 25.7. The number of hydrogen-bond donors (Lipinski definition) is 2. The molecule has 0 aromatic carbocycles. The number of carboxylic acid groups (broad SMARTS) is 1. The number of imide groups is 1. The number of carboxylic acids is 1. The molecule has 2 unspecified atom stereocenters. The summed E-state index contributed by atoms with van der Waals surface area (Å²) in [5.74, 6) is -3.29. The lowest BCUT2D eigenvalue weighted by molar-refractivity contribution is -0.149. The number of amides is 2. The summed E-state index contributed by atoms with van der Waals surface area (Å²) in [5.41, 5.74) is 0. The number of H-pyrrole nitrogens is 1. The monoisotopic (exact) mass is 382 g/mol. The Kier molecular flexibility index (Phi) is 3.62. The highest BCUT2D eigenvalue weighted by atomic mass is 32.2. The van der Waals surface area contributed by atoms with E-state index in [0.29, 0.717) is 5.03 Å². The molecular weight excluding hydrogens is 372 g/mol. The van der Waals surface area contributed by atoms with Crippen LogP contribution in [0.25, 0.3) is 0 Å². The summed E-state index contributed by atoms with van der Waals surface area (Å²) in [6.07, 6.45) is 0. The van der Waals surface area contributed by atoms with Crippen LogP contribution in [0.15, 0.2) is 27.3 Å². The number of thiophene rings is 1. The number of fused-ring (bicyclic) bond motifs is 2. The van der Waals surface area contributed by atoms with Crippen molar-refractivity contribution in [1.82, 2.24) is 9.88 Å². The Bertz CT molecular complexity index is 900. The number of thiazole rings is 1. The number of carbonyl (C=O) groups excluding carboxylic acids is 2. The second-order valence-corrected chi connectivity index (χ2v) is 8.57. The van der Waals surface area contributed by atoms with E-state index >= 15 is 0 Å². The SMILES string of the molecule is O=C(O)CN1C(=O)C2Sc3[nH]c(=O)sc3[C@@H](c3cccs3)C2C1=O. The predicted molar refractivity (Wildman–Crippen MR) is 88.6 cm³/mol. The Labute approximate surface area is 147 Å². The second kappa shape index (κ2) is 5.57. The molecule has 4 heterocycles. The van der Waals surface area contributed by atoms with Gasteiger partial charge in [-0.05, 0) is 11.4 Å². The molecule has 1 fully saturated rings. The van der Waals surface area contributed by atoms with Crippen molar-refractivity contribution in [2.75, 3.05) is 6.54 Å². The quantitative estimate of drug-likeness (QED) is 0.772. The van der Waals surface area contributed by atoms with Gasteiger partial charge in [0.25, 0.3) is 0 Å². The zero-order valence-corrected chi connectivity index (χ0v) is 14.4. The van der Waals surface area contributed by atoms with E-state index < -0.39 is 41.4 Å². The third kappa shape index (κ3) is 2.25. The molecule has 0 radical (unpaired) electrons. The predicted octanol–water partition coefficient (Wildman–Crippen LogP) is 1.17. The van der Waals surface area contributed by atoms with Gasteiger partial charge in [-0.3, -0.25) is 24.1 Å². The number of hydrogen-bond acceptors (Lipinski definition) is 7.